The molecule has 0 N–H and O–H groups in total. The van der Waals surface area contributed by atoms with E-state index in [1.54, 1.807) is 13.2 Å². The Labute approximate surface area is 170 Å². The molecule has 2 aromatic carbocycles. The Morgan fingerprint density at radius 3 is 2.44 bits per heavy atom. The van der Waals surface area contributed by atoms with Gasteiger partial charge in [-0.1, -0.05) is 55.3 Å². The minimum atomic E-state index is 0.501. The van der Waals surface area contributed by atoms with Gasteiger partial charge in [-0.25, -0.2) is 4.98 Å². The van der Waals surface area contributed by atoms with Crippen molar-refractivity contribution in [3.63, 3.8) is 0 Å². The first-order chi connectivity index (χ1) is 13.0. The molecule has 0 spiro atoms. The third kappa shape index (κ3) is 4.94. The van der Waals surface area contributed by atoms with Crippen molar-refractivity contribution >= 4 is 35.4 Å². The molecule has 140 valence electrons. The van der Waals surface area contributed by atoms with Gasteiger partial charge in [-0.15, -0.1) is 0 Å². The molecule has 0 amide bonds. The fraction of sp³-hybridized carbons (Fsp3) is 0.227. The Balaban J connectivity index is 1.94. The second-order valence-corrected chi connectivity index (χ2v) is 7.60. The van der Waals surface area contributed by atoms with E-state index in [0.717, 1.165) is 34.9 Å². The summed E-state index contributed by atoms with van der Waals surface area (Å²) in [5, 5.41) is 1.22. The lowest BCUT2D eigenvalue weighted by Crippen LogP contribution is -2.04. The van der Waals surface area contributed by atoms with E-state index in [2.05, 4.69) is 18.4 Å². The van der Waals surface area contributed by atoms with Gasteiger partial charge in [0.1, 0.15) is 11.6 Å². The lowest BCUT2D eigenvalue weighted by atomic mass is 10.2. The van der Waals surface area contributed by atoms with Crippen LogP contribution in [0.4, 0.5) is 0 Å². The molecular weight excluding hydrogens is 379 g/mol. The van der Waals surface area contributed by atoms with Crippen LogP contribution in [0, 0.1) is 5.92 Å². The smallest absolute Gasteiger partial charge is 0.133 e. The Kier molecular flexibility index (Phi) is 6.25. The molecule has 5 heteroatoms. The summed E-state index contributed by atoms with van der Waals surface area (Å²) in [7, 11) is 1.66. The number of aromatic nitrogens is 2. The summed E-state index contributed by atoms with van der Waals surface area (Å²) in [6, 6.07) is 13.4. The van der Waals surface area contributed by atoms with Crippen LogP contribution in [0.1, 0.15) is 25.2 Å². The molecule has 0 aliphatic rings. The highest BCUT2D eigenvalue weighted by Gasteiger charge is 2.12. The van der Waals surface area contributed by atoms with Crippen LogP contribution >= 0.6 is 23.2 Å². The predicted molar refractivity (Wildman–Crippen MR) is 114 cm³/mol. The zero-order valence-corrected chi connectivity index (χ0v) is 17.1. The zero-order valence-electron chi connectivity index (χ0n) is 15.6. The quantitative estimate of drug-likeness (QED) is 0.460. The summed E-state index contributed by atoms with van der Waals surface area (Å²) in [4.78, 5) is 4.80. The Morgan fingerprint density at radius 1 is 1.07 bits per heavy atom. The van der Waals surface area contributed by atoms with Crippen LogP contribution in [0.2, 0.25) is 10.0 Å². The SMILES string of the molecule is COc1ccc(C=Cc2nc(-c3ccc(Cl)cc3Cl)cn2CC(C)C)cc1. The van der Waals surface area contributed by atoms with Crippen LogP contribution in [0.5, 0.6) is 5.75 Å². The fourth-order valence-electron chi connectivity index (χ4n) is 2.82. The van der Waals surface area contributed by atoms with Gasteiger partial charge in [0.05, 0.1) is 17.8 Å². The number of hydrogen-bond acceptors (Lipinski definition) is 2. The zero-order chi connectivity index (χ0) is 19.4. The van der Waals surface area contributed by atoms with Crippen molar-refractivity contribution in [2.45, 2.75) is 20.4 Å². The molecule has 0 saturated heterocycles. The Hall–Kier alpha value is -2.23. The number of imidazole rings is 1. The van der Waals surface area contributed by atoms with E-state index >= 15 is 0 Å². The van der Waals surface area contributed by atoms with Crippen LogP contribution < -0.4 is 4.74 Å². The highest BCUT2D eigenvalue weighted by atomic mass is 35.5. The van der Waals surface area contributed by atoms with Gasteiger partial charge in [-0.2, -0.15) is 0 Å². The Morgan fingerprint density at radius 2 is 1.81 bits per heavy atom. The largest absolute Gasteiger partial charge is 0.497 e. The molecule has 3 rings (SSSR count). The van der Waals surface area contributed by atoms with Gasteiger partial charge < -0.3 is 9.30 Å². The van der Waals surface area contributed by atoms with Crippen molar-refractivity contribution in [2.24, 2.45) is 5.92 Å². The number of hydrogen-bond donors (Lipinski definition) is 0. The summed E-state index contributed by atoms with van der Waals surface area (Å²) in [5.41, 5.74) is 2.80. The first-order valence-corrected chi connectivity index (χ1v) is 9.56. The first kappa shape index (κ1) is 19.5. The molecule has 1 aromatic heterocycles. The average molecular weight is 401 g/mol. The van der Waals surface area contributed by atoms with Gasteiger partial charge in [0.15, 0.2) is 0 Å². The molecule has 0 bridgehead atoms. The third-order valence-electron chi connectivity index (χ3n) is 4.12. The number of ether oxygens (including phenoxy) is 1. The van der Waals surface area contributed by atoms with Crippen molar-refractivity contribution in [1.82, 2.24) is 9.55 Å². The van der Waals surface area contributed by atoms with Gasteiger partial charge >= 0.3 is 0 Å². The summed E-state index contributed by atoms with van der Waals surface area (Å²) in [6.07, 6.45) is 6.12. The molecule has 0 unspecified atom stereocenters. The van der Waals surface area contributed by atoms with Gasteiger partial charge in [-0.05, 0) is 47.9 Å². The number of benzene rings is 2. The van der Waals surface area contributed by atoms with Crippen molar-refractivity contribution in [2.75, 3.05) is 7.11 Å². The van der Waals surface area contributed by atoms with Crippen molar-refractivity contribution < 1.29 is 4.74 Å². The van der Waals surface area contributed by atoms with Crippen molar-refractivity contribution in [3.8, 4) is 17.0 Å². The van der Waals surface area contributed by atoms with Gasteiger partial charge in [0.25, 0.3) is 0 Å². The number of rotatable bonds is 6. The van der Waals surface area contributed by atoms with Gasteiger partial charge in [0.2, 0.25) is 0 Å². The fourth-order valence-corrected chi connectivity index (χ4v) is 3.32. The van der Waals surface area contributed by atoms with Gasteiger partial charge in [0, 0.05) is 23.3 Å². The van der Waals surface area contributed by atoms with Crippen molar-refractivity contribution in [3.05, 3.63) is 70.1 Å². The molecule has 0 saturated carbocycles. The molecule has 3 aromatic rings. The monoisotopic (exact) mass is 400 g/mol. The molecule has 0 atom stereocenters. The lowest BCUT2D eigenvalue weighted by Gasteiger charge is -2.07. The molecular formula is C22H22Cl2N2O. The number of methoxy groups -OCH3 is 1. The molecule has 0 fully saturated rings. The Bertz CT molecular complexity index is 943. The number of nitrogens with zero attached hydrogens (tertiary/aromatic N) is 2. The molecule has 3 nitrogen and oxygen atoms in total. The van der Waals surface area contributed by atoms with Crippen molar-refractivity contribution in [1.29, 1.82) is 0 Å². The van der Waals surface area contributed by atoms with Gasteiger partial charge in [-0.3, -0.25) is 0 Å². The summed E-state index contributed by atoms with van der Waals surface area (Å²) in [6.45, 7) is 5.25. The van der Waals surface area contributed by atoms with Crippen LogP contribution in [-0.4, -0.2) is 16.7 Å². The highest BCUT2D eigenvalue weighted by Crippen LogP contribution is 2.30. The molecule has 0 aliphatic carbocycles. The molecule has 1 heterocycles. The van der Waals surface area contributed by atoms with E-state index in [1.807, 2.05) is 54.7 Å². The van der Waals surface area contributed by atoms with Crippen LogP contribution in [0.15, 0.2) is 48.7 Å². The standard InChI is InChI=1S/C22H22Cl2N2O/c1-15(2)13-26-14-21(19-10-7-17(23)12-20(19)24)25-22(26)11-6-16-4-8-18(27-3)9-5-16/h4-12,14-15H,13H2,1-3H3. The van der Waals surface area contributed by atoms with E-state index in [9.17, 15) is 0 Å². The maximum absolute atomic E-state index is 6.37. The van der Waals surface area contributed by atoms with Crippen LogP contribution in [0.3, 0.4) is 0 Å². The second-order valence-electron chi connectivity index (χ2n) is 6.76. The summed E-state index contributed by atoms with van der Waals surface area (Å²) >= 11 is 12.4. The third-order valence-corrected chi connectivity index (χ3v) is 4.66. The topological polar surface area (TPSA) is 27.1 Å². The maximum atomic E-state index is 6.37. The first-order valence-electron chi connectivity index (χ1n) is 8.81. The molecule has 0 radical (unpaired) electrons. The van der Waals surface area contributed by atoms with E-state index in [-0.39, 0.29) is 0 Å². The maximum Gasteiger partial charge on any atom is 0.133 e. The van der Waals surface area contributed by atoms with Crippen LogP contribution in [-0.2, 0) is 6.54 Å². The van der Waals surface area contributed by atoms with E-state index < -0.39 is 0 Å². The number of halogens is 2. The van der Waals surface area contributed by atoms with Crippen LogP contribution in [0.25, 0.3) is 23.4 Å². The minimum absolute atomic E-state index is 0.501. The molecule has 27 heavy (non-hydrogen) atoms. The second kappa shape index (κ2) is 8.64. The minimum Gasteiger partial charge on any atom is -0.497 e. The summed E-state index contributed by atoms with van der Waals surface area (Å²) < 4.78 is 7.36. The predicted octanol–water partition coefficient (Wildman–Crippen LogP) is 6.69. The van der Waals surface area contributed by atoms with E-state index in [0.29, 0.717) is 16.0 Å². The summed E-state index contributed by atoms with van der Waals surface area (Å²) in [5.74, 6) is 2.23. The highest BCUT2D eigenvalue weighted by molar-refractivity contribution is 6.36. The molecule has 0 aliphatic heterocycles. The normalized spacial score (nSPS) is 11.5. The lowest BCUT2D eigenvalue weighted by molar-refractivity contribution is 0.415. The average Bonchev–Trinajstić information content (AvgIpc) is 3.02. The van der Waals surface area contributed by atoms with E-state index in [1.165, 1.54) is 0 Å². The van der Waals surface area contributed by atoms with E-state index in [4.69, 9.17) is 32.9 Å².